The van der Waals surface area contributed by atoms with E-state index in [9.17, 15) is 18.0 Å². The van der Waals surface area contributed by atoms with Crippen molar-refractivity contribution >= 4 is 0 Å². The van der Waals surface area contributed by atoms with Gasteiger partial charge in [-0.3, -0.25) is 9.89 Å². The van der Waals surface area contributed by atoms with Gasteiger partial charge in [-0.25, -0.2) is 14.6 Å². The number of aromatic nitrogens is 4. The molecule has 2 aromatic rings. The number of H-pyrrole nitrogens is 1. The van der Waals surface area contributed by atoms with Crippen LogP contribution in [0.2, 0.25) is 0 Å². The fourth-order valence-electron chi connectivity index (χ4n) is 1.37. The molecule has 2 aromatic heterocycles. The lowest BCUT2D eigenvalue weighted by atomic mass is 10.3. The summed E-state index contributed by atoms with van der Waals surface area (Å²) in [5, 5.41) is 1.99. The van der Waals surface area contributed by atoms with E-state index in [2.05, 4.69) is 9.97 Å². The molecule has 1 N–H and O–H groups in total. The van der Waals surface area contributed by atoms with E-state index in [1.54, 1.807) is 0 Å². The van der Waals surface area contributed by atoms with Gasteiger partial charge in [-0.2, -0.15) is 13.2 Å². The average Bonchev–Trinajstić information content (AvgIpc) is 2.57. The van der Waals surface area contributed by atoms with Crippen molar-refractivity contribution in [3.05, 3.63) is 40.2 Å². The average molecular weight is 244 g/mol. The number of hydrogen-bond acceptors (Lipinski definition) is 3. The molecule has 0 spiro atoms. The van der Waals surface area contributed by atoms with Crippen LogP contribution >= 0.6 is 0 Å². The summed E-state index contributed by atoms with van der Waals surface area (Å²) < 4.78 is 38.4. The molecule has 0 fully saturated rings. The third-order valence-electron chi connectivity index (χ3n) is 2.20. The quantitative estimate of drug-likeness (QED) is 0.821. The normalized spacial score (nSPS) is 11.8. The topological polar surface area (TPSA) is 63.6 Å². The van der Waals surface area contributed by atoms with Crippen LogP contribution in [0.3, 0.4) is 0 Å². The molecule has 0 saturated heterocycles. The van der Waals surface area contributed by atoms with Gasteiger partial charge in [0.25, 0.3) is 5.56 Å². The summed E-state index contributed by atoms with van der Waals surface area (Å²) in [5.74, 6) is 0.0589. The molecule has 0 atom stereocenters. The molecule has 0 aliphatic carbocycles. The Morgan fingerprint density at radius 1 is 1.41 bits per heavy atom. The van der Waals surface area contributed by atoms with Crippen molar-refractivity contribution < 1.29 is 13.2 Å². The Labute approximate surface area is 92.9 Å². The molecule has 0 aliphatic heterocycles. The first-order valence-electron chi connectivity index (χ1n) is 4.56. The smallest absolute Gasteiger partial charge is 0.285 e. The number of halogens is 3. The first-order chi connectivity index (χ1) is 7.91. The summed E-state index contributed by atoms with van der Waals surface area (Å²) in [5.41, 5.74) is -2.24. The Hall–Kier alpha value is -2.12. The highest BCUT2D eigenvalue weighted by molar-refractivity contribution is 5.25. The van der Waals surface area contributed by atoms with Gasteiger partial charge in [-0.05, 0) is 6.92 Å². The predicted octanol–water partition coefficient (Wildman–Crippen LogP) is 1.28. The molecule has 2 heterocycles. The summed E-state index contributed by atoms with van der Waals surface area (Å²) in [6.45, 7) is 1.11. The number of aromatic amines is 1. The van der Waals surface area contributed by atoms with Gasteiger partial charge in [0.1, 0.15) is 12.0 Å². The van der Waals surface area contributed by atoms with Crippen LogP contribution in [0, 0.1) is 6.92 Å². The molecule has 0 radical (unpaired) electrons. The summed E-state index contributed by atoms with van der Waals surface area (Å²) in [4.78, 5) is 18.9. The SMILES string of the molecule is Cc1c(C(F)(F)F)[nH]n(-c2ccncn2)c1=O. The van der Waals surface area contributed by atoms with Crippen molar-refractivity contribution in [2.45, 2.75) is 13.1 Å². The Morgan fingerprint density at radius 2 is 2.12 bits per heavy atom. The Bertz CT molecular complexity index is 585. The van der Waals surface area contributed by atoms with Crippen LogP contribution in [0.5, 0.6) is 0 Å². The molecular formula is C9H7F3N4O. The van der Waals surface area contributed by atoms with Gasteiger partial charge < -0.3 is 0 Å². The van der Waals surface area contributed by atoms with Crippen molar-refractivity contribution in [3.8, 4) is 5.82 Å². The van der Waals surface area contributed by atoms with Crippen LogP contribution in [0.25, 0.3) is 5.82 Å². The van der Waals surface area contributed by atoms with E-state index in [1.807, 2.05) is 5.10 Å². The van der Waals surface area contributed by atoms with Crippen molar-refractivity contribution in [1.29, 1.82) is 0 Å². The molecule has 0 saturated carbocycles. The molecule has 0 aliphatic rings. The Balaban J connectivity index is 2.63. The molecule has 17 heavy (non-hydrogen) atoms. The van der Waals surface area contributed by atoms with Gasteiger partial charge in [0, 0.05) is 17.8 Å². The van der Waals surface area contributed by atoms with Gasteiger partial charge in [-0.15, -0.1) is 0 Å². The second-order valence-corrected chi connectivity index (χ2v) is 3.32. The maximum absolute atomic E-state index is 12.5. The van der Waals surface area contributed by atoms with Crippen molar-refractivity contribution in [1.82, 2.24) is 19.7 Å². The van der Waals surface area contributed by atoms with E-state index in [0.717, 1.165) is 17.9 Å². The zero-order valence-electron chi connectivity index (χ0n) is 8.62. The number of rotatable bonds is 1. The van der Waals surface area contributed by atoms with E-state index in [-0.39, 0.29) is 5.82 Å². The van der Waals surface area contributed by atoms with E-state index in [1.165, 1.54) is 12.3 Å². The van der Waals surface area contributed by atoms with E-state index >= 15 is 0 Å². The third kappa shape index (κ3) is 1.93. The lowest BCUT2D eigenvalue weighted by Gasteiger charge is -2.03. The largest absolute Gasteiger partial charge is 0.433 e. The van der Waals surface area contributed by atoms with Crippen molar-refractivity contribution in [2.24, 2.45) is 0 Å². The van der Waals surface area contributed by atoms with Crippen molar-refractivity contribution in [3.63, 3.8) is 0 Å². The van der Waals surface area contributed by atoms with Gasteiger partial charge >= 0.3 is 6.18 Å². The van der Waals surface area contributed by atoms with Crippen LogP contribution < -0.4 is 5.56 Å². The zero-order valence-corrected chi connectivity index (χ0v) is 8.62. The summed E-state index contributed by atoms with van der Waals surface area (Å²) in [7, 11) is 0. The first-order valence-corrected chi connectivity index (χ1v) is 4.56. The molecule has 0 amide bonds. The monoisotopic (exact) mass is 244 g/mol. The van der Waals surface area contributed by atoms with Gasteiger partial charge in [0.2, 0.25) is 0 Å². The minimum absolute atomic E-state index is 0.0589. The maximum Gasteiger partial charge on any atom is 0.433 e. The van der Waals surface area contributed by atoms with Gasteiger partial charge in [0.05, 0.1) is 0 Å². The molecule has 8 heteroatoms. The van der Waals surface area contributed by atoms with E-state index in [0.29, 0.717) is 0 Å². The predicted molar refractivity (Wildman–Crippen MR) is 51.7 cm³/mol. The van der Waals surface area contributed by atoms with E-state index < -0.39 is 23.0 Å². The number of nitrogens with one attached hydrogen (secondary N) is 1. The number of hydrogen-bond donors (Lipinski definition) is 1. The highest BCUT2D eigenvalue weighted by atomic mass is 19.4. The van der Waals surface area contributed by atoms with Gasteiger partial charge in [0.15, 0.2) is 5.82 Å². The standard InChI is InChI=1S/C9H7F3N4O/c1-5-7(9(10,11)12)15-16(8(5)17)6-2-3-13-4-14-6/h2-4,15H,1H3. The minimum Gasteiger partial charge on any atom is -0.285 e. The molecule has 90 valence electrons. The fraction of sp³-hybridized carbons (Fsp3) is 0.222. The summed E-state index contributed by atoms with van der Waals surface area (Å²) in [6, 6.07) is 1.33. The highest BCUT2D eigenvalue weighted by Crippen LogP contribution is 2.28. The lowest BCUT2D eigenvalue weighted by Crippen LogP contribution is -2.16. The first kappa shape index (κ1) is 11.4. The minimum atomic E-state index is -4.60. The van der Waals surface area contributed by atoms with Crippen molar-refractivity contribution in [2.75, 3.05) is 0 Å². The zero-order chi connectivity index (χ0) is 12.6. The fourth-order valence-corrected chi connectivity index (χ4v) is 1.37. The molecule has 2 rings (SSSR count). The molecular weight excluding hydrogens is 237 g/mol. The van der Waals surface area contributed by atoms with Crippen LogP contribution in [-0.2, 0) is 6.18 Å². The van der Waals surface area contributed by atoms with Crippen LogP contribution in [0.15, 0.2) is 23.4 Å². The molecule has 0 unspecified atom stereocenters. The molecule has 0 aromatic carbocycles. The Kier molecular flexibility index (Phi) is 2.49. The highest BCUT2D eigenvalue weighted by Gasteiger charge is 2.36. The molecule has 0 bridgehead atoms. The Morgan fingerprint density at radius 3 is 2.59 bits per heavy atom. The number of nitrogens with zero attached hydrogens (tertiary/aromatic N) is 3. The lowest BCUT2D eigenvalue weighted by molar-refractivity contribution is -0.141. The summed E-state index contributed by atoms with van der Waals surface area (Å²) >= 11 is 0. The molecule has 5 nitrogen and oxygen atoms in total. The van der Waals surface area contributed by atoms with Crippen LogP contribution in [0.1, 0.15) is 11.3 Å². The number of alkyl halides is 3. The van der Waals surface area contributed by atoms with E-state index in [4.69, 9.17) is 0 Å². The second-order valence-electron chi connectivity index (χ2n) is 3.32. The summed E-state index contributed by atoms with van der Waals surface area (Å²) in [6.07, 6.45) is -2.12. The van der Waals surface area contributed by atoms with Crippen LogP contribution in [-0.4, -0.2) is 19.7 Å². The second kappa shape index (κ2) is 3.72. The maximum atomic E-state index is 12.5. The van der Waals surface area contributed by atoms with Crippen LogP contribution in [0.4, 0.5) is 13.2 Å². The third-order valence-corrected chi connectivity index (χ3v) is 2.20. The van der Waals surface area contributed by atoms with Gasteiger partial charge in [-0.1, -0.05) is 0 Å².